The predicted molar refractivity (Wildman–Crippen MR) is 139 cm³/mol. The maximum Gasteiger partial charge on any atom is 0.490 e. The van der Waals surface area contributed by atoms with Gasteiger partial charge in [0, 0.05) is 18.4 Å². The van der Waals surface area contributed by atoms with Gasteiger partial charge in [0.05, 0.1) is 23.6 Å². The molecule has 0 spiro atoms. The highest BCUT2D eigenvalue weighted by Crippen LogP contribution is 2.25. The minimum Gasteiger partial charge on any atom is -0.475 e. The topological polar surface area (TPSA) is 174 Å². The molecule has 234 valence electrons. The summed E-state index contributed by atoms with van der Waals surface area (Å²) in [5.41, 5.74) is 3.89. The van der Waals surface area contributed by atoms with Gasteiger partial charge >= 0.3 is 24.3 Å². The summed E-state index contributed by atoms with van der Waals surface area (Å²) < 4.78 is 63.5. The van der Waals surface area contributed by atoms with Crippen LogP contribution in [-0.4, -0.2) is 74.9 Å². The van der Waals surface area contributed by atoms with Crippen LogP contribution < -0.4 is 16.0 Å². The summed E-state index contributed by atoms with van der Waals surface area (Å²) >= 11 is 0. The summed E-state index contributed by atoms with van der Waals surface area (Å²) in [6.45, 7) is 2.81. The van der Waals surface area contributed by atoms with Gasteiger partial charge in [-0.15, -0.1) is 0 Å². The minimum absolute atomic E-state index is 0.138. The Labute approximate surface area is 239 Å². The van der Waals surface area contributed by atoms with Crippen molar-refractivity contribution in [2.24, 2.45) is 0 Å². The molecule has 3 aromatic rings. The molecule has 0 bridgehead atoms. The number of aromatic amines is 1. The van der Waals surface area contributed by atoms with E-state index < -0.39 is 30.3 Å². The van der Waals surface area contributed by atoms with Crippen LogP contribution in [-0.2, 0) is 25.7 Å². The third-order valence-electron chi connectivity index (χ3n) is 5.85. The lowest BCUT2D eigenvalue weighted by Crippen LogP contribution is -2.49. The maximum absolute atomic E-state index is 12.6. The van der Waals surface area contributed by atoms with E-state index in [1.165, 1.54) is 5.56 Å². The minimum atomic E-state index is -5.08. The van der Waals surface area contributed by atoms with Crippen LogP contribution in [0.25, 0.3) is 11.0 Å². The van der Waals surface area contributed by atoms with Gasteiger partial charge in [-0.1, -0.05) is 30.3 Å². The van der Waals surface area contributed by atoms with Gasteiger partial charge < -0.3 is 31.1 Å². The third kappa shape index (κ3) is 11.3. The van der Waals surface area contributed by atoms with Crippen molar-refractivity contribution >= 4 is 34.8 Å². The first kappa shape index (κ1) is 34.5. The first-order valence-electron chi connectivity index (χ1n) is 12.4. The molecular formula is C26H27F6N5O6. The van der Waals surface area contributed by atoms with Crippen LogP contribution in [0.2, 0.25) is 0 Å². The molecule has 3 heterocycles. The van der Waals surface area contributed by atoms with E-state index in [1.54, 1.807) is 13.1 Å². The summed E-state index contributed by atoms with van der Waals surface area (Å²) in [4.78, 5) is 50.2. The number of nitrogens with one attached hydrogen (secondary N) is 4. The van der Waals surface area contributed by atoms with E-state index in [0.717, 1.165) is 29.7 Å². The van der Waals surface area contributed by atoms with Crippen LogP contribution in [0.15, 0.2) is 54.7 Å². The lowest BCUT2D eigenvalue weighted by molar-refractivity contribution is -0.193. The number of hydrogen-bond acceptors (Lipinski definition) is 6. The van der Waals surface area contributed by atoms with E-state index in [4.69, 9.17) is 19.8 Å². The highest BCUT2D eigenvalue weighted by molar-refractivity contribution is 5.89. The fraction of sp³-hybridized carbons (Fsp3) is 0.346. The lowest BCUT2D eigenvalue weighted by atomic mass is 9.96. The normalized spacial score (nSPS) is 17.0. The van der Waals surface area contributed by atoms with Crippen molar-refractivity contribution in [1.29, 1.82) is 0 Å². The molecule has 11 nitrogen and oxygen atoms in total. The fourth-order valence-corrected chi connectivity index (χ4v) is 3.74. The van der Waals surface area contributed by atoms with Crippen LogP contribution in [0.1, 0.15) is 30.5 Å². The number of amides is 2. The molecule has 0 radical (unpaired) electrons. The fourth-order valence-electron chi connectivity index (χ4n) is 3.74. The zero-order valence-corrected chi connectivity index (χ0v) is 22.3. The first-order valence-corrected chi connectivity index (χ1v) is 12.4. The molecule has 1 unspecified atom stereocenters. The Bertz CT molecular complexity index is 1340. The van der Waals surface area contributed by atoms with Crippen molar-refractivity contribution in [3.8, 4) is 0 Å². The highest BCUT2D eigenvalue weighted by atomic mass is 19.4. The summed E-state index contributed by atoms with van der Waals surface area (Å²) in [6, 6.07) is 15.0. The standard InChI is InChI=1S/C22H25N5O2.2C2HF3O2/c1-14(21(28)25-13-17-11-19-18(27-17)8-5-9-23-19)26-22(29)20-10-16(12-24-20)15-6-3-2-4-7-15;2*3-2(4,5)1(6)7/h2-9,11,14,16,20,24,27H,10,12-13H2,1H3,(H,25,28)(H,26,29);2*(H,6,7)/t14?,16-,20+;;/m0../s1. The molecule has 0 aliphatic carbocycles. The molecule has 0 saturated carbocycles. The molecule has 3 atom stereocenters. The quantitative estimate of drug-likeness (QED) is 0.228. The number of carbonyl (C=O) groups excluding carboxylic acids is 2. The van der Waals surface area contributed by atoms with Gasteiger partial charge in [0.15, 0.2) is 0 Å². The number of rotatable bonds is 6. The SMILES string of the molecule is CC(NC(=O)[C@H]1C[C@H](c2ccccc2)CN1)C(=O)NCc1cc2ncccc2[nH]1.O=C(O)C(F)(F)F.O=C(O)C(F)(F)F. The van der Waals surface area contributed by atoms with Crippen molar-refractivity contribution < 1.29 is 55.7 Å². The number of carboxylic acid groups (broad SMARTS) is 2. The number of benzene rings is 1. The predicted octanol–water partition coefficient (Wildman–Crippen LogP) is 3.10. The Morgan fingerprint density at radius 3 is 2.09 bits per heavy atom. The van der Waals surface area contributed by atoms with Gasteiger partial charge in [-0.25, -0.2) is 9.59 Å². The monoisotopic (exact) mass is 619 g/mol. The number of nitrogens with zero attached hydrogens (tertiary/aromatic N) is 1. The number of pyridine rings is 1. The number of alkyl halides is 6. The molecule has 1 aliphatic heterocycles. The van der Waals surface area contributed by atoms with Crippen LogP contribution in [0, 0.1) is 0 Å². The van der Waals surface area contributed by atoms with E-state index in [-0.39, 0.29) is 17.9 Å². The number of carbonyl (C=O) groups is 4. The van der Waals surface area contributed by atoms with Crippen LogP contribution >= 0.6 is 0 Å². The van der Waals surface area contributed by atoms with Crippen molar-refractivity contribution in [2.75, 3.05) is 6.54 Å². The Balaban J connectivity index is 0.000000384. The van der Waals surface area contributed by atoms with E-state index in [0.29, 0.717) is 12.5 Å². The molecule has 17 heteroatoms. The molecular weight excluding hydrogens is 592 g/mol. The molecule has 2 aromatic heterocycles. The van der Waals surface area contributed by atoms with Gasteiger partial charge in [0.1, 0.15) is 6.04 Å². The molecule has 1 saturated heterocycles. The van der Waals surface area contributed by atoms with E-state index >= 15 is 0 Å². The summed E-state index contributed by atoms with van der Waals surface area (Å²) in [5, 5.41) is 23.2. The molecule has 1 fully saturated rings. The number of carboxylic acids is 2. The van der Waals surface area contributed by atoms with Gasteiger partial charge in [0.25, 0.3) is 0 Å². The van der Waals surface area contributed by atoms with Gasteiger partial charge in [0.2, 0.25) is 11.8 Å². The molecule has 1 aromatic carbocycles. The first-order chi connectivity index (χ1) is 20.0. The van der Waals surface area contributed by atoms with Gasteiger partial charge in [-0.05, 0) is 43.0 Å². The number of aromatic nitrogens is 2. The number of fused-ring (bicyclic) bond motifs is 1. The smallest absolute Gasteiger partial charge is 0.475 e. The number of aliphatic carboxylic acids is 2. The van der Waals surface area contributed by atoms with Crippen molar-refractivity contribution in [3.63, 3.8) is 0 Å². The second-order valence-electron chi connectivity index (χ2n) is 9.09. The van der Waals surface area contributed by atoms with E-state index in [1.807, 2.05) is 36.4 Å². The average Bonchev–Trinajstić information content (AvgIpc) is 3.59. The van der Waals surface area contributed by atoms with E-state index in [2.05, 4.69) is 38.1 Å². The second-order valence-corrected chi connectivity index (χ2v) is 9.09. The molecule has 43 heavy (non-hydrogen) atoms. The Morgan fingerprint density at radius 1 is 0.977 bits per heavy atom. The third-order valence-corrected chi connectivity index (χ3v) is 5.85. The molecule has 1 aliphatic rings. The Morgan fingerprint density at radius 2 is 1.56 bits per heavy atom. The van der Waals surface area contributed by atoms with Crippen LogP contribution in [0.3, 0.4) is 0 Å². The largest absolute Gasteiger partial charge is 0.490 e. The molecule has 4 rings (SSSR count). The molecule has 2 amide bonds. The number of H-pyrrole nitrogens is 1. The summed E-state index contributed by atoms with van der Waals surface area (Å²) in [6.07, 6.45) is -7.71. The zero-order chi connectivity index (χ0) is 32.4. The zero-order valence-electron chi connectivity index (χ0n) is 22.3. The van der Waals surface area contributed by atoms with Crippen molar-refractivity contribution in [1.82, 2.24) is 25.9 Å². The molecule has 6 N–H and O–H groups in total. The van der Waals surface area contributed by atoms with Gasteiger partial charge in [-0.2, -0.15) is 26.3 Å². The lowest BCUT2D eigenvalue weighted by Gasteiger charge is -2.17. The number of hydrogen-bond donors (Lipinski definition) is 6. The summed E-state index contributed by atoms with van der Waals surface area (Å²) in [5.74, 6) is -5.56. The van der Waals surface area contributed by atoms with E-state index in [9.17, 15) is 35.9 Å². The summed E-state index contributed by atoms with van der Waals surface area (Å²) in [7, 11) is 0. The number of halogens is 6. The Hall–Kier alpha value is -4.67. The van der Waals surface area contributed by atoms with Crippen molar-refractivity contribution in [2.45, 2.75) is 50.2 Å². The highest BCUT2D eigenvalue weighted by Gasteiger charge is 2.39. The van der Waals surface area contributed by atoms with Crippen LogP contribution in [0.5, 0.6) is 0 Å². The Kier molecular flexibility index (Phi) is 12.0. The average molecular weight is 620 g/mol. The van der Waals surface area contributed by atoms with Crippen LogP contribution in [0.4, 0.5) is 26.3 Å². The van der Waals surface area contributed by atoms with Gasteiger partial charge in [-0.3, -0.25) is 14.6 Å². The second kappa shape index (κ2) is 15.0. The van der Waals surface area contributed by atoms with Crippen molar-refractivity contribution in [3.05, 3.63) is 66.0 Å². The maximum atomic E-state index is 12.6.